The Labute approximate surface area is 186 Å². The lowest BCUT2D eigenvalue weighted by Gasteiger charge is -2.22. The smallest absolute Gasteiger partial charge is 0.317 e. The van der Waals surface area contributed by atoms with Crippen LogP contribution in [0.3, 0.4) is 0 Å². The summed E-state index contributed by atoms with van der Waals surface area (Å²) in [5.41, 5.74) is 2.07. The van der Waals surface area contributed by atoms with Gasteiger partial charge in [-0.1, -0.05) is 23.7 Å². The van der Waals surface area contributed by atoms with E-state index in [1.165, 1.54) is 0 Å². The van der Waals surface area contributed by atoms with Gasteiger partial charge in [-0.25, -0.2) is 0 Å². The van der Waals surface area contributed by atoms with Crippen LogP contribution >= 0.6 is 11.6 Å². The van der Waals surface area contributed by atoms with Crippen LogP contribution < -0.4 is 4.74 Å². The summed E-state index contributed by atoms with van der Waals surface area (Å²) in [6, 6.07) is 17.7. The molecule has 31 heavy (non-hydrogen) atoms. The lowest BCUT2D eigenvalue weighted by atomic mass is 10.0. The fourth-order valence-electron chi connectivity index (χ4n) is 3.14. The molecule has 6 nitrogen and oxygen atoms in total. The highest BCUT2D eigenvalue weighted by Gasteiger charge is 2.16. The number of carbonyl (C=O) groups excluding carboxylic acids is 1. The largest absolute Gasteiger partial charge is 0.486 e. The van der Waals surface area contributed by atoms with Crippen LogP contribution in [-0.2, 0) is 4.79 Å². The van der Waals surface area contributed by atoms with Gasteiger partial charge >= 0.3 is 5.97 Å². The Hall–Kier alpha value is -3.22. The number of ether oxygens (including phenoxy) is 1. The standard InChI is InChI=1S/C24H23ClN2O4/c1-27(16-23(28)29)15-12-22(17-2-6-20(25)7-3-17)31-21-8-4-18(5-9-21)24(30)19-10-13-26-14-11-19/h2-11,13-14,22H,12,15-16H2,1H3,(H,28,29). The van der Waals surface area contributed by atoms with Gasteiger partial charge in [-0.15, -0.1) is 0 Å². The zero-order chi connectivity index (χ0) is 22.2. The summed E-state index contributed by atoms with van der Waals surface area (Å²) in [6.45, 7) is 0.497. The van der Waals surface area contributed by atoms with Crippen molar-refractivity contribution in [2.45, 2.75) is 12.5 Å². The fraction of sp³-hybridized carbons (Fsp3) is 0.208. The average molecular weight is 439 g/mol. The molecule has 0 saturated heterocycles. The minimum atomic E-state index is -0.874. The third kappa shape index (κ3) is 6.64. The number of carboxylic acids is 1. The molecule has 0 fully saturated rings. The zero-order valence-corrected chi connectivity index (χ0v) is 17.8. The van der Waals surface area contributed by atoms with Crippen molar-refractivity contribution in [3.63, 3.8) is 0 Å². The highest BCUT2D eigenvalue weighted by molar-refractivity contribution is 6.30. The van der Waals surface area contributed by atoms with Gasteiger partial charge in [-0.3, -0.25) is 19.5 Å². The summed E-state index contributed by atoms with van der Waals surface area (Å²) in [6.07, 6.45) is 3.46. The fourth-order valence-corrected chi connectivity index (χ4v) is 3.26. The van der Waals surface area contributed by atoms with Crippen LogP contribution in [0.15, 0.2) is 73.1 Å². The second-order valence-electron chi connectivity index (χ2n) is 7.17. The summed E-state index contributed by atoms with van der Waals surface area (Å²) < 4.78 is 6.20. The molecule has 0 bridgehead atoms. The number of aromatic nitrogens is 1. The van der Waals surface area contributed by atoms with E-state index in [4.69, 9.17) is 21.4 Å². The topological polar surface area (TPSA) is 79.7 Å². The maximum absolute atomic E-state index is 12.6. The van der Waals surface area contributed by atoms with Gasteiger partial charge < -0.3 is 9.84 Å². The monoisotopic (exact) mass is 438 g/mol. The first kappa shape index (κ1) is 22.5. The number of benzene rings is 2. The molecule has 0 radical (unpaired) electrons. The van der Waals surface area contributed by atoms with E-state index in [1.54, 1.807) is 72.9 Å². The van der Waals surface area contributed by atoms with E-state index >= 15 is 0 Å². The molecule has 0 amide bonds. The van der Waals surface area contributed by atoms with E-state index in [1.807, 2.05) is 12.1 Å². The molecule has 0 aliphatic heterocycles. The van der Waals surface area contributed by atoms with Gasteiger partial charge in [-0.2, -0.15) is 0 Å². The van der Waals surface area contributed by atoms with Crippen LogP contribution in [0.1, 0.15) is 34.0 Å². The summed E-state index contributed by atoms with van der Waals surface area (Å²) in [5.74, 6) is -0.341. The molecule has 0 aliphatic carbocycles. The van der Waals surface area contributed by atoms with Crippen molar-refractivity contribution < 1.29 is 19.4 Å². The number of halogens is 1. The first-order valence-corrected chi connectivity index (χ1v) is 10.2. The van der Waals surface area contributed by atoms with Crippen LogP contribution in [0.4, 0.5) is 0 Å². The first-order chi connectivity index (χ1) is 14.9. The predicted octanol–water partition coefficient (Wildman–Crippen LogP) is 4.49. The summed E-state index contributed by atoms with van der Waals surface area (Å²) in [7, 11) is 1.76. The van der Waals surface area contributed by atoms with E-state index in [0.29, 0.717) is 34.9 Å². The van der Waals surface area contributed by atoms with Crippen molar-refractivity contribution in [1.29, 1.82) is 0 Å². The SMILES string of the molecule is CN(CCC(Oc1ccc(C(=O)c2ccncc2)cc1)c1ccc(Cl)cc1)CC(=O)O. The minimum Gasteiger partial charge on any atom is -0.486 e. The number of carboxylic acid groups (broad SMARTS) is 1. The van der Waals surface area contributed by atoms with E-state index < -0.39 is 5.97 Å². The molecular weight excluding hydrogens is 416 g/mol. The number of rotatable bonds is 10. The van der Waals surface area contributed by atoms with Gasteiger partial charge in [0.15, 0.2) is 5.78 Å². The van der Waals surface area contributed by atoms with Gasteiger partial charge in [0.1, 0.15) is 11.9 Å². The van der Waals surface area contributed by atoms with Crippen molar-refractivity contribution >= 4 is 23.4 Å². The maximum atomic E-state index is 12.6. The third-order valence-corrected chi connectivity index (χ3v) is 5.01. The molecule has 0 saturated carbocycles. The Balaban J connectivity index is 1.73. The number of aliphatic carboxylic acids is 1. The highest BCUT2D eigenvalue weighted by atomic mass is 35.5. The molecule has 3 aromatic rings. The molecule has 1 heterocycles. The van der Waals surface area contributed by atoms with Gasteiger partial charge in [0.05, 0.1) is 6.54 Å². The molecule has 1 unspecified atom stereocenters. The molecule has 2 aromatic carbocycles. The molecule has 3 rings (SSSR count). The molecule has 160 valence electrons. The second kappa shape index (κ2) is 10.7. The van der Waals surface area contributed by atoms with Gasteiger partial charge in [0.25, 0.3) is 0 Å². The van der Waals surface area contributed by atoms with Crippen LogP contribution in [0.2, 0.25) is 5.02 Å². The van der Waals surface area contributed by atoms with Crippen molar-refractivity contribution in [2.24, 2.45) is 0 Å². The number of pyridine rings is 1. The molecule has 1 atom stereocenters. The third-order valence-electron chi connectivity index (χ3n) is 4.76. The zero-order valence-electron chi connectivity index (χ0n) is 17.1. The number of nitrogens with zero attached hydrogens (tertiary/aromatic N) is 2. The Kier molecular flexibility index (Phi) is 7.76. The highest BCUT2D eigenvalue weighted by Crippen LogP contribution is 2.27. The van der Waals surface area contributed by atoms with Crippen molar-refractivity contribution in [2.75, 3.05) is 20.1 Å². The summed E-state index contributed by atoms with van der Waals surface area (Å²) >= 11 is 6.01. The van der Waals surface area contributed by atoms with E-state index in [9.17, 15) is 9.59 Å². The van der Waals surface area contributed by atoms with Crippen molar-refractivity contribution in [3.8, 4) is 5.75 Å². The first-order valence-electron chi connectivity index (χ1n) is 9.79. The number of hydrogen-bond acceptors (Lipinski definition) is 5. The van der Waals surface area contributed by atoms with E-state index in [0.717, 1.165) is 5.56 Å². The predicted molar refractivity (Wildman–Crippen MR) is 119 cm³/mol. The Morgan fingerprint density at radius 1 is 1.00 bits per heavy atom. The number of carbonyl (C=O) groups is 2. The van der Waals surface area contributed by atoms with Gasteiger partial charge in [-0.05, 0) is 61.1 Å². The molecule has 1 aromatic heterocycles. The Morgan fingerprint density at radius 3 is 2.23 bits per heavy atom. The van der Waals surface area contributed by atoms with E-state index in [2.05, 4.69) is 4.98 Å². The van der Waals surface area contributed by atoms with Crippen LogP contribution in [-0.4, -0.2) is 46.9 Å². The van der Waals surface area contributed by atoms with Crippen molar-refractivity contribution in [1.82, 2.24) is 9.88 Å². The average Bonchev–Trinajstić information content (AvgIpc) is 2.77. The molecule has 0 aliphatic rings. The molecule has 0 spiro atoms. The Morgan fingerprint density at radius 2 is 1.61 bits per heavy atom. The normalized spacial score (nSPS) is 11.8. The lowest BCUT2D eigenvalue weighted by molar-refractivity contribution is -0.138. The van der Waals surface area contributed by atoms with Gasteiger partial charge in [0, 0.05) is 41.5 Å². The quantitative estimate of drug-likeness (QED) is 0.470. The second-order valence-corrected chi connectivity index (χ2v) is 7.60. The van der Waals surface area contributed by atoms with Crippen LogP contribution in [0.5, 0.6) is 5.75 Å². The molecular formula is C24H23ClN2O4. The van der Waals surface area contributed by atoms with E-state index in [-0.39, 0.29) is 18.4 Å². The number of ketones is 1. The Bertz CT molecular complexity index is 1010. The minimum absolute atomic E-state index is 0.0425. The van der Waals surface area contributed by atoms with Crippen molar-refractivity contribution in [3.05, 3.63) is 94.8 Å². The number of likely N-dealkylation sites (N-methyl/N-ethyl adjacent to an activating group) is 1. The lowest BCUT2D eigenvalue weighted by Crippen LogP contribution is -2.28. The number of hydrogen-bond donors (Lipinski definition) is 1. The summed E-state index contributed by atoms with van der Waals surface area (Å²) in [4.78, 5) is 29.1. The maximum Gasteiger partial charge on any atom is 0.317 e. The molecule has 1 N–H and O–H groups in total. The molecule has 7 heteroatoms. The van der Waals surface area contributed by atoms with Crippen LogP contribution in [0.25, 0.3) is 0 Å². The summed E-state index contributed by atoms with van der Waals surface area (Å²) in [5, 5.41) is 9.60. The van der Waals surface area contributed by atoms with Crippen LogP contribution in [0, 0.1) is 0 Å². The van der Waals surface area contributed by atoms with Gasteiger partial charge in [0.2, 0.25) is 0 Å².